The monoisotopic (exact) mass is 271 g/mol. The van der Waals surface area contributed by atoms with Crippen LogP contribution in [0.5, 0.6) is 0 Å². The Morgan fingerprint density at radius 3 is 2.00 bits per heavy atom. The third-order valence-electron chi connectivity index (χ3n) is 2.61. The first kappa shape index (κ1) is 14.2. The molecule has 0 saturated heterocycles. The van der Waals surface area contributed by atoms with Gasteiger partial charge in [0.05, 0.1) is 13.2 Å². The van der Waals surface area contributed by atoms with Crippen molar-refractivity contribution in [1.82, 2.24) is 5.48 Å². The fourth-order valence-electron chi connectivity index (χ4n) is 1.64. The summed E-state index contributed by atoms with van der Waals surface area (Å²) in [6, 6.07) is 19.3. The molecular weight excluding hydrogens is 254 g/mol. The summed E-state index contributed by atoms with van der Waals surface area (Å²) in [5.41, 5.74) is 4.38. The number of hydrogen-bond acceptors (Lipinski definition) is 3. The van der Waals surface area contributed by atoms with Crippen molar-refractivity contribution in [1.29, 1.82) is 0 Å². The first-order valence-corrected chi connectivity index (χ1v) is 6.41. The summed E-state index contributed by atoms with van der Waals surface area (Å²) in [5, 5.41) is 0. The number of carbonyl (C=O) groups is 1. The highest BCUT2D eigenvalue weighted by atomic mass is 16.7. The first-order chi connectivity index (χ1) is 9.84. The highest BCUT2D eigenvalue weighted by Gasteiger charge is 2.01. The van der Waals surface area contributed by atoms with E-state index in [2.05, 4.69) is 5.48 Å². The van der Waals surface area contributed by atoms with Crippen LogP contribution in [0.1, 0.15) is 11.1 Å². The molecule has 0 atom stereocenters. The van der Waals surface area contributed by atoms with E-state index in [0.717, 1.165) is 11.1 Å². The van der Waals surface area contributed by atoms with Gasteiger partial charge in [0.25, 0.3) is 5.91 Å². The standard InChI is InChI=1S/C16H17NO3/c18-16(13-19-11-14-7-3-1-4-8-14)17-20-12-15-9-5-2-6-10-15/h1-10H,11-13H2,(H,17,18). The lowest BCUT2D eigenvalue weighted by Gasteiger charge is -2.07. The van der Waals surface area contributed by atoms with Crippen molar-refractivity contribution in [3.63, 3.8) is 0 Å². The molecule has 0 aliphatic heterocycles. The molecule has 0 aliphatic rings. The Hall–Kier alpha value is -2.17. The molecule has 0 unspecified atom stereocenters. The van der Waals surface area contributed by atoms with E-state index in [4.69, 9.17) is 9.57 Å². The lowest BCUT2D eigenvalue weighted by Crippen LogP contribution is -2.27. The molecule has 0 aromatic heterocycles. The van der Waals surface area contributed by atoms with Crippen molar-refractivity contribution in [2.45, 2.75) is 13.2 Å². The Bertz CT molecular complexity index is 466. The molecule has 0 heterocycles. The van der Waals surface area contributed by atoms with Crippen molar-refractivity contribution in [2.24, 2.45) is 0 Å². The van der Waals surface area contributed by atoms with E-state index in [-0.39, 0.29) is 12.5 Å². The number of nitrogens with one attached hydrogen (secondary N) is 1. The largest absolute Gasteiger partial charge is 0.367 e. The number of hydrogen-bond donors (Lipinski definition) is 1. The van der Waals surface area contributed by atoms with E-state index in [1.165, 1.54) is 0 Å². The zero-order chi connectivity index (χ0) is 14.0. The van der Waals surface area contributed by atoms with Gasteiger partial charge >= 0.3 is 0 Å². The van der Waals surface area contributed by atoms with Crippen LogP contribution >= 0.6 is 0 Å². The lowest BCUT2D eigenvalue weighted by atomic mass is 10.2. The van der Waals surface area contributed by atoms with Crippen LogP contribution < -0.4 is 5.48 Å². The van der Waals surface area contributed by atoms with Crippen molar-refractivity contribution in [3.05, 3.63) is 71.8 Å². The van der Waals surface area contributed by atoms with Gasteiger partial charge in [-0.3, -0.25) is 9.63 Å². The quantitative estimate of drug-likeness (QED) is 0.787. The topological polar surface area (TPSA) is 47.6 Å². The van der Waals surface area contributed by atoms with Crippen LogP contribution in [-0.4, -0.2) is 12.5 Å². The average molecular weight is 271 g/mol. The fraction of sp³-hybridized carbons (Fsp3) is 0.188. The van der Waals surface area contributed by atoms with E-state index in [1.807, 2.05) is 60.7 Å². The molecule has 20 heavy (non-hydrogen) atoms. The lowest BCUT2D eigenvalue weighted by molar-refractivity contribution is -0.139. The summed E-state index contributed by atoms with van der Waals surface area (Å²) >= 11 is 0. The number of benzene rings is 2. The Morgan fingerprint density at radius 1 is 0.850 bits per heavy atom. The Labute approximate surface area is 118 Å². The van der Waals surface area contributed by atoms with Crippen molar-refractivity contribution in [2.75, 3.05) is 6.61 Å². The molecule has 2 rings (SSSR count). The third kappa shape index (κ3) is 5.22. The van der Waals surface area contributed by atoms with Gasteiger partial charge in [-0.25, -0.2) is 5.48 Å². The minimum absolute atomic E-state index is 0.0241. The highest BCUT2D eigenvalue weighted by Crippen LogP contribution is 2.00. The molecule has 0 aliphatic carbocycles. The normalized spacial score (nSPS) is 10.2. The van der Waals surface area contributed by atoms with Gasteiger partial charge in [-0.15, -0.1) is 0 Å². The Morgan fingerprint density at radius 2 is 1.40 bits per heavy atom. The van der Waals surface area contributed by atoms with Gasteiger partial charge in [-0.2, -0.15) is 0 Å². The summed E-state index contributed by atoms with van der Waals surface area (Å²) in [5.74, 6) is -0.295. The molecule has 4 heteroatoms. The molecule has 1 amide bonds. The minimum atomic E-state index is -0.295. The van der Waals surface area contributed by atoms with E-state index in [9.17, 15) is 4.79 Å². The molecule has 0 fully saturated rings. The molecule has 4 nitrogen and oxygen atoms in total. The molecule has 104 valence electrons. The molecule has 2 aromatic rings. The van der Waals surface area contributed by atoms with E-state index < -0.39 is 0 Å². The number of ether oxygens (including phenoxy) is 1. The predicted molar refractivity (Wildman–Crippen MR) is 75.5 cm³/mol. The Kier molecular flexibility index (Phi) is 5.76. The number of rotatable bonds is 7. The second-order valence-corrected chi connectivity index (χ2v) is 4.28. The van der Waals surface area contributed by atoms with Crippen LogP contribution in [0.15, 0.2) is 60.7 Å². The van der Waals surface area contributed by atoms with Gasteiger partial charge in [-0.05, 0) is 11.1 Å². The van der Waals surface area contributed by atoms with Crippen molar-refractivity contribution >= 4 is 5.91 Å². The smallest absolute Gasteiger partial charge is 0.269 e. The van der Waals surface area contributed by atoms with Crippen LogP contribution in [0.2, 0.25) is 0 Å². The second-order valence-electron chi connectivity index (χ2n) is 4.28. The van der Waals surface area contributed by atoms with Crippen molar-refractivity contribution in [3.8, 4) is 0 Å². The highest BCUT2D eigenvalue weighted by molar-refractivity contribution is 5.76. The molecule has 0 saturated carbocycles. The molecular formula is C16H17NO3. The van der Waals surface area contributed by atoms with E-state index in [0.29, 0.717) is 13.2 Å². The maximum atomic E-state index is 11.5. The number of hydroxylamine groups is 1. The maximum Gasteiger partial charge on any atom is 0.269 e. The van der Waals surface area contributed by atoms with Gasteiger partial charge in [0.2, 0.25) is 0 Å². The van der Waals surface area contributed by atoms with Crippen LogP contribution in [0.25, 0.3) is 0 Å². The predicted octanol–water partition coefficient (Wildman–Crippen LogP) is 2.45. The first-order valence-electron chi connectivity index (χ1n) is 6.41. The summed E-state index contributed by atoms with van der Waals surface area (Å²) in [7, 11) is 0. The summed E-state index contributed by atoms with van der Waals surface area (Å²) in [6.07, 6.45) is 0. The minimum Gasteiger partial charge on any atom is -0.367 e. The summed E-state index contributed by atoms with van der Waals surface area (Å²) in [4.78, 5) is 16.6. The van der Waals surface area contributed by atoms with Gasteiger partial charge in [0.15, 0.2) is 0 Å². The maximum absolute atomic E-state index is 11.5. The SMILES string of the molecule is O=C(COCc1ccccc1)NOCc1ccccc1. The molecule has 0 bridgehead atoms. The van der Waals surface area contributed by atoms with Crippen LogP contribution in [0.4, 0.5) is 0 Å². The number of carbonyl (C=O) groups excluding carboxylic acids is 1. The summed E-state index contributed by atoms with van der Waals surface area (Å²) < 4.78 is 5.29. The van der Waals surface area contributed by atoms with Gasteiger partial charge in [0, 0.05) is 0 Å². The van der Waals surface area contributed by atoms with Gasteiger partial charge in [-0.1, -0.05) is 60.7 Å². The van der Waals surface area contributed by atoms with Gasteiger partial charge < -0.3 is 4.74 Å². The van der Waals surface area contributed by atoms with E-state index in [1.54, 1.807) is 0 Å². The van der Waals surface area contributed by atoms with E-state index >= 15 is 0 Å². The van der Waals surface area contributed by atoms with Crippen LogP contribution in [0.3, 0.4) is 0 Å². The average Bonchev–Trinajstić information content (AvgIpc) is 2.49. The summed E-state index contributed by atoms with van der Waals surface area (Å²) in [6.45, 7) is 0.724. The molecule has 1 N–H and O–H groups in total. The fourth-order valence-corrected chi connectivity index (χ4v) is 1.64. The van der Waals surface area contributed by atoms with Crippen molar-refractivity contribution < 1.29 is 14.4 Å². The second kappa shape index (κ2) is 8.09. The molecule has 0 radical (unpaired) electrons. The van der Waals surface area contributed by atoms with Crippen LogP contribution in [-0.2, 0) is 27.6 Å². The third-order valence-corrected chi connectivity index (χ3v) is 2.61. The zero-order valence-corrected chi connectivity index (χ0v) is 11.1. The number of amides is 1. The van der Waals surface area contributed by atoms with Gasteiger partial charge in [0.1, 0.15) is 6.61 Å². The molecule has 0 spiro atoms. The molecule has 2 aromatic carbocycles. The zero-order valence-electron chi connectivity index (χ0n) is 11.1. The van der Waals surface area contributed by atoms with Crippen LogP contribution in [0, 0.1) is 0 Å². The Balaban J connectivity index is 1.59.